The summed E-state index contributed by atoms with van der Waals surface area (Å²) in [7, 11) is 0. The van der Waals surface area contributed by atoms with Gasteiger partial charge in [0.25, 0.3) is 0 Å². The molecule has 10 heavy (non-hydrogen) atoms. The SMILES string of the molecule is CC(C)C1=COC(N)CC1. The third-order valence-electron chi connectivity index (χ3n) is 1.85. The van der Waals surface area contributed by atoms with E-state index in [2.05, 4.69) is 13.8 Å². The number of hydrogen-bond acceptors (Lipinski definition) is 2. The second-order valence-electron chi connectivity index (χ2n) is 3.06. The molecule has 0 spiro atoms. The van der Waals surface area contributed by atoms with E-state index in [-0.39, 0.29) is 6.23 Å². The predicted octanol–water partition coefficient (Wildman–Crippen LogP) is 1.62. The summed E-state index contributed by atoms with van der Waals surface area (Å²) in [5.41, 5.74) is 6.91. The minimum Gasteiger partial charge on any atom is -0.483 e. The smallest absolute Gasteiger partial charge is 0.147 e. The molecule has 0 radical (unpaired) electrons. The van der Waals surface area contributed by atoms with Gasteiger partial charge in [0.2, 0.25) is 0 Å². The van der Waals surface area contributed by atoms with E-state index >= 15 is 0 Å². The van der Waals surface area contributed by atoms with E-state index in [1.807, 2.05) is 6.26 Å². The van der Waals surface area contributed by atoms with E-state index in [9.17, 15) is 0 Å². The molecular weight excluding hydrogens is 126 g/mol. The molecule has 0 saturated carbocycles. The van der Waals surface area contributed by atoms with E-state index in [0.29, 0.717) is 5.92 Å². The summed E-state index contributed by atoms with van der Waals surface area (Å²) in [5, 5.41) is 0. The highest BCUT2D eigenvalue weighted by Gasteiger charge is 2.12. The van der Waals surface area contributed by atoms with Crippen LogP contribution in [-0.4, -0.2) is 6.23 Å². The van der Waals surface area contributed by atoms with Crippen LogP contribution in [0.4, 0.5) is 0 Å². The lowest BCUT2D eigenvalue weighted by atomic mass is 9.98. The molecule has 2 N–H and O–H groups in total. The highest BCUT2D eigenvalue weighted by Crippen LogP contribution is 2.21. The second kappa shape index (κ2) is 3.06. The molecule has 1 heterocycles. The summed E-state index contributed by atoms with van der Waals surface area (Å²) < 4.78 is 5.17. The Morgan fingerprint density at radius 1 is 1.70 bits per heavy atom. The monoisotopic (exact) mass is 141 g/mol. The van der Waals surface area contributed by atoms with Crippen LogP contribution < -0.4 is 5.73 Å². The van der Waals surface area contributed by atoms with Crippen LogP contribution in [0.25, 0.3) is 0 Å². The van der Waals surface area contributed by atoms with Crippen molar-refractivity contribution in [2.45, 2.75) is 32.9 Å². The van der Waals surface area contributed by atoms with Crippen LogP contribution in [0.1, 0.15) is 26.7 Å². The minimum absolute atomic E-state index is 0.0671. The normalized spacial score (nSPS) is 26.0. The van der Waals surface area contributed by atoms with Crippen molar-refractivity contribution in [1.82, 2.24) is 0 Å². The first-order valence-electron chi connectivity index (χ1n) is 3.80. The molecular formula is C8H15NO. The number of ether oxygens (including phenoxy) is 1. The maximum absolute atomic E-state index is 5.53. The molecule has 0 fully saturated rings. The molecule has 2 nitrogen and oxygen atoms in total. The molecule has 1 aliphatic rings. The Balaban J connectivity index is 2.48. The Kier molecular flexibility index (Phi) is 2.33. The Bertz CT molecular complexity index is 140. The third kappa shape index (κ3) is 1.74. The Morgan fingerprint density at radius 3 is 2.80 bits per heavy atom. The van der Waals surface area contributed by atoms with Crippen molar-refractivity contribution in [2.75, 3.05) is 0 Å². The highest BCUT2D eigenvalue weighted by molar-refractivity contribution is 5.03. The zero-order valence-corrected chi connectivity index (χ0v) is 6.63. The predicted molar refractivity (Wildman–Crippen MR) is 41.2 cm³/mol. The number of nitrogens with two attached hydrogens (primary N) is 1. The van der Waals surface area contributed by atoms with Gasteiger partial charge in [0, 0.05) is 6.42 Å². The lowest BCUT2D eigenvalue weighted by Gasteiger charge is -2.21. The van der Waals surface area contributed by atoms with E-state index < -0.39 is 0 Å². The molecule has 0 aliphatic carbocycles. The first-order valence-corrected chi connectivity index (χ1v) is 3.80. The van der Waals surface area contributed by atoms with Crippen molar-refractivity contribution in [3.8, 4) is 0 Å². The van der Waals surface area contributed by atoms with E-state index in [1.54, 1.807) is 0 Å². The molecule has 0 aromatic heterocycles. The third-order valence-corrected chi connectivity index (χ3v) is 1.85. The van der Waals surface area contributed by atoms with Gasteiger partial charge in [-0.2, -0.15) is 0 Å². The van der Waals surface area contributed by atoms with Gasteiger partial charge in [-0.05, 0) is 17.9 Å². The Labute approximate surface area is 62.1 Å². The fourth-order valence-corrected chi connectivity index (χ4v) is 1.04. The maximum atomic E-state index is 5.53. The van der Waals surface area contributed by atoms with Gasteiger partial charge in [-0.25, -0.2) is 0 Å². The molecule has 0 amide bonds. The molecule has 2 heteroatoms. The van der Waals surface area contributed by atoms with Gasteiger partial charge in [0.15, 0.2) is 0 Å². The first-order chi connectivity index (χ1) is 4.70. The average molecular weight is 141 g/mol. The first kappa shape index (κ1) is 7.61. The lowest BCUT2D eigenvalue weighted by molar-refractivity contribution is 0.122. The molecule has 1 rings (SSSR count). The van der Waals surface area contributed by atoms with Crippen LogP contribution in [0.5, 0.6) is 0 Å². The van der Waals surface area contributed by atoms with Gasteiger partial charge < -0.3 is 4.74 Å². The molecule has 1 atom stereocenters. The minimum atomic E-state index is -0.0671. The lowest BCUT2D eigenvalue weighted by Crippen LogP contribution is -2.25. The number of allylic oxidation sites excluding steroid dienone is 1. The number of hydrogen-bond donors (Lipinski definition) is 1. The van der Waals surface area contributed by atoms with Gasteiger partial charge in [-0.3, -0.25) is 5.73 Å². The Morgan fingerprint density at radius 2 is 2.40 bits per heavy atom. The van der Waals surface area contributed by atoms with Gasteiger partial charge in [-0.15, -0.1) is 0 Å². The van der Waals surface area contributed by atoms with Crippen molar-refractivity contribution in [3.63, 3.8) is 0 Å². The van der Waals surface area contributed by atoms with E-state index in [0.717, 1.165) is 12.8 Å². The molecule has 0 saturated heterocycles. The highest BCUT2D eigenvalue weighted by atomic mass is 16.5. The van der Waals surface area contributed by atoms with Crippen LogP contribution in [0, 0.1) is 5.92 Å². The van der Waals surface area contributed by atoms with Crippen LogP contribution >= 0.6 is 0 Å². The summed E-state index contributed by atoms with van der Waals surface area (Å²) in [5.74, 6) is 0.604. The molecule has 0 aromatic rings. The van der Waals surface area contributed by atoms with Gasteiger partial charge >= 0.3 is 0 Å². The van der Waals surface area contributed by atoms with Crippen LogP contribution in [0.3, 0.4) is 0 Å². The molecule has 1 aliphatic heterocycles. The zero-order valence-electron chi connectivity index (χ0n) is 6.63. The van der Waals surface area contributed by atoms with Crippen LogP contribution in [0.2, 0.25) is 0 Å². The van der Waals surface area contributed by atoms with Crippen LogP contribution in [-0.2, 0) is 4.74 Å². The Hall–Kier alpha value is -0.500. The molecule has 1 unspecified atom stereocenters. The average Bonchev–Trinajstić information content (AvgIpc) is 1.88. The van der Waals surface area contributed by atoms with Gasteiger partial charge in [0.05, 0.1) is 6.26 Å². The summed E-state index contributed by atoms with van der Waals surface area (Å²) in [6, 6.07) is 0. The molecule has 0 aromatic carbocycles. The summed E-state index contributed by atoms with van der Waals surface area (Å²) in [6.07, 6.45) is 3.81. The van der Waals surface area contributed by atoms with Crippen molar-refractivity contribution < 1.29 is 4.74 Å². The number of rotatable bonds is 1. The van der Waals surface area contributed by atoms with Gasteiger partial charge in [0.1, 0.15) is 6.23 Å². The molecule has 0 bridgehead atoms. The topological polar surface area (TPSA) is 35.2 Å². The zero-order chi connectivity index (χ0) is 7.56. The standard InChI is InChI=1S/C8H15NO/c1-6(2)7-3-4-8(9)10-5-7/h5-6,8H,3-4,9H2,1-2H3. The fourth-order valence-electron chi connectivity index (χ4n) is 1.04. The van der Waals surface area contributed by atoms with Crippen molar-refractivity contribution in [1.29, 1.82) is 0 Å². The maximum Gasteiger partial charge on any atom is 0.147 e. The van der Waals surface area contributed by atoms with Crippen LogP contribution in [0.15, 0.2) is 11.8 Å². The van der Waals surface area contributed by atoms with E-state index in [4.69, 9.17) is 10.5 Å². The molecule has 58 valence electrons. The second-order valence-corrected chi connectivity index (χ2v) is 3.06. The quantitative estimate of drug-likeness (QED) is 0.602. The summed E-state index contributed by atoms with van der Waals surface area (Å²) >= 11 is 0. The van der Waals surface area contributed by atoms with Crippen molar-refractivity contribution in [3.05, 3.63) is 11.8 Å². The fraction of sp³-hybridized carbons (Fsp3) is 0.750. The van der Waals surface area contributed by atoms with Gasteiger partial charge in [-0.1, -0.05) is 13.8 Å². The van der Waals surface area contributed by atoms with Crippen molar-refractivity contribution >= 4 is 0 Å². The van der Waals surface area contributed by atoms with E-state index in [1.165, 1.54) is 5.57 Å². The summed E-state index contributed by atoms with van der Waals surface area (Å²) in [6.45, 7) is 4.35. The van der Waals surface area contributed by atoms with Crippen molar-refractivity contribution in [2.24, 2.45) is 11.7 Å². The summed E-state index contributed by atoms with van der Waals surface area (Å²) in [4.78, 5) is 0. The largest absolute Gasteiger partial charge is 0.483 e.